The number of benzene rings is 1. The Hall–Kier alpha value is -4.31. The van der Waals surface area contributed by atoms with Crippen LogP contribution < -0.4 is 0 Å². The summed E-state index contributed by atoms with van der Waals surface area (Å²) < 4.78 is 179. The summed E-state index contributed by atoms with van der Waals surface area (Å²) in [6.07, 6.45) is -40.4. The number of alkyl halides is 12. The maximum atomic E-state index is 13.0. The molecule has 1 aromatic carbocycles. The number of carbonyl (C=O) groups excluding carboxylic acids is 5. The van der Waals surface area contributed by atoms with Crippen molar-refractivity contribution < 1.29 is 105 Å². The van der Waals surface area contributed by atoms with Crippen molar-refractivity contribution in [2.45, 2.75) is 55.4 Å². The topological polar surface area (TPSA) is 141 Å². The van der Waals surface area contributed by atoms with Crippen LogP contribution in [0.4, 0.5) is 52.7 Å². The lowest BCUT2D eigenvalue weighted by Gasteiger charge is -2.43. The predicted octanol–water partition coefficient (Wildman–Crippen LogP) is 3.10. The van der Waals surface area contributed by atoms with Gasteiger partial charge in [0.25, 0.3) is 0 Å². The van der Waals surface area contributed by atoms with Crippen LogP contribution in [-0.2, 0) is 47.6 Å². The third-order valence-electron chi connectivity index (χ3n) is 4.86. The summed E-state index contributed by atoms with van der Waals surface area (Å²) >= 11 is 0. The summed E-state index contributed by atoms with van der Waals surface area (Å²) in [5, 5.41) is 0. The molecule has 0 aromatic heterocycles. The molecule has 1 heterocycles. The molecule has 2 rings (SSSR count). The maximum absolute atomic E-state index is 13.0. The van der Waals surface area contributed by atoms with Gasteiger partial charge in [-0.1, -0.05) is 18.2 Å². The van der Waals surface area contributed by atoms with Crippen LogP contribution in [-0.4, -0.2) is 91.9 Å². The SMILES string of the molecule is O=C(OC1O[C@@H](COC(=O)C(F)(F)F)[C@H](OC(=O)C(F)(F)F)[C@@H](OC(=O)C(F)(F)F)[C@@H]1OC(=O)C(F)(F)F)c1ccccc1. The summed E-state index contributed by atoms with van der Waals surface area (Å²) in [5.41, 5.74) is -0.522. The van der Waals surface area contributed by atoms with E-state index < -0.39 is 97.4 Å². The Labute approximate surface area is 233 Å². The first-order chi connectivity index (χ1) is 19.9. The van der Waals surface area contributed by atoms with Crippen molar-refractivity contribution in [3.63, 3.8) is 0 Å². The molecule has 1 aliphatic rings. The molecule has 0 amide bonds. The van der Waals surface area contributed by atoms with Crippen LogP contribution in [0, 0.1) is 0 Å². The molecular formula is C21H12F12O11. The third kappa shape index (κ3) is 9.60. The van der Waals surface area contributed by atoms with E-state index in [0.29, 0.717) is 0 Å². The number of carbonyl (C=O) groups is 5. The van der Waals surface area contributed by atoms with Crippen LogP contribution in [0.25, 0.3) is 0 Å². The van der Waals surface area contributed by atoms with Gasteiger partial charge in [0, 0.05) is 0 Å². The second-order valence-electron chi connectivity index (χ2n) is 8.01. The van der Waals surface area contributed by atoms with Crippen LogP contribution >= 0.6 is 0 Å². The zero-order chi connectivity index (χ0) is 33.8. The van der Waals surface area contributed by atoms with E-state index >= 15 is 0 Å². The fourth-order valence-electron chi connectivity index (χ4n) is 3.07. The van der Waals surface area contributed by atoms with Crippen molar-refractivity contribution in [2.75, 3.05) is 6.61 Å². The lowest BCUT2D eigenvalue weighted by Crippen LogP contribution is -2.64. The molecule has 0 N–H and O–H groups in total. The van der Waals surface area contributed by atoms with Crippen molar-refractivity contribution in [1.82, 2.24) is 0 Å². The number of hydrogen-bond acceptors (Lipinski definition) is 11. The molecule has 0 bridgehead atoms. The van der Waals surface area contributed by atoms with Crippen molar-refractivity contribution in [3.8, 4) is 0 Å². The summed E-state index contributed by atoms with van der Waals surface area (Å²) in [4.78, 5) is 58.3. The Bertz CT molecular complexity index is 1220. The highest BCUT2D eigenvalue weighted by Crippen LogP contribution is 2.35. The zero-order valence-electron chi connectivity index (χ0n) is 20.5. The van der Waals surface area contributed by atoms with E-state index in [1.54, 1.807) is 0 Å². The van der Waals surface area contributed by atoms with Gasteiger partial charge in [-0.05, 0) is 12.1 Å². The monoisotopic (exact) mass is 668 g/mol. The van der Waals surface area contributed by atoms with Crippen LogP contribution in [0.3, 0.4) is 0 Å². The standard InChI is InChI=1S/C21H12F12O11/c22-18(23,24)14(35)39-6-8-9(41-15(36)19(25,26)27)10(42-16(37)20(28,29)30)11(43-17(38)21(31,32)33)13(40-8)44-12(34)7-4-2-1-3-5-7/h1-5,8-11,13H,6H2/t8-,9-,10+,11-,13?/m0/s1. The normalized spacial score (nSPS) is 22.8. The van der Waals surface area contributed by atoms with E-state index in [1.165, 1.54) is 6.07 Å². The summed E-state index contributed by atoms with van der Waals surface area (Å²) in [7, 11) is 0. The van der Waals surface area contributed by atoms with E-state index in [2.05, 4.69) is 23.7 Å². The number of rotatable bonds is 7. The smallest absolute Gasteiger partial charge is 0.456 e. The fourth-order valence-corrected chi connectivity index (χ4v) is 3.07. The third-order valence-corrected chi connectivity index (χ3v) is 4.86. The lowest BCUT2D eigenvalue weighted by atomic mass is 9.98. The lowest BCUT2D eigenvalue weighted by molar-refractivity contribution is -0.311. The van der Waals surface area contributed by atoms with Crippen LogP contribution in [0.5, 0.6) is 0 Å². The van der Waals surface area contributed by atoms with Gasteiger partial charge in [0.15, 0.2) is 12.2 Å². The second kappa shape index (κ2) is 13.1. The Morgan fingerprint density at radius 1 is 0.568 bits per heavy atom. The first kappa shape index (κ1) is 35.9. The van der Waals surface area contributed by atoms with Gasteiger partial charge in [-0.15, -0.1) is 0 Å². The number of esters is 5. The fraction of sp³-hybridized carbons (Fsp3) is 0.476. The summed E-state index contributed by atoms with van der Waals surface area (Å²) in [5.74, 6) is -15.0. The van der Waals surface area contributed by atoms with Gasteiger partial charge in [0.1, 0.15) is 12.7 Å². The van der Waals surface area contributed by atoms with Gasteiger partial charge in [0.2, 0.25) is 12.4 Å². The molecule has 0 radical (unpaired) electrons. The van der Waals surface area contributed by atoms with Gasteiger partial charge in [-0.3, -0.25) is 0 Å². The zero-order valence-corrected chi connectivity index (χ0v) is 20.5. The van der Waals surface area contributed by atoms with Crippen molar-refractivity contribution >= 4 is 29.8 Å². The average molecular weight is 668 g/mol. The molecule has 0 saturated carbocycles. The molecule has 0 spiro atoms. The molecule has 23 heteroatoms. The minimum atomic E-state index is -6.12. The van der Waals surface area contributed by atoms with E-state index in [0.717, 1.165) is 24.3 Å². The molecule has 44 heavy (non-hydrogen) atoms. The minimum Gasteiger partial charge on any atom is -0.456 e. The van der Waals surface area contributed by atoms with Crippen molar-refractivity contribution in [1.29, 1.82) is 0 Å². The molecule has 5 atom stereocenters. The summed E-state index contributed by atoms with van der Waals surface area (Å²) in [6, 6.07) is 5.50. The quantitative estimate of drug-likeness (QED) is 0.241. The van der Waals surface area contributed by atoms with E-state index in [-0.39, 0.29) is 0 Å². The molecule has 1 unspecified atom stereocenters. The van der Waals surface area contributed by atoms with Gasteiger partial charge in [-0.25, -0.2) is 24.0 Å². The minimum absolute atomic E-state index is 0.522. The largest absolute Gasteiger partial charge is 0.490 e. The molecule has 1 aromatic rings. The van der Waals surface area contributed by atoms with Gasteiger partial charge >= 0.3 is 54.6 Å². The Balaban J connectivity index is 2.70. The van der Waals surface area contributed by atoms with E-state index in [9.17, 15) is 76.7 Å². The van der Waals surface area contributed by atoms with Gasteiger partial charge in [-0.2, -0.15) is 52.7 Å². The Morgan fingerprint density at radius 3 is 1.41 bits per heavy atom. The molecule has 1 saturated heterocycles. The van der Waals surface area contributed by atoms with Gasteiger partial charge in [0.05, 0.1) is 5.56 Å². The van der Waals surface area contributed by atoms with Crippen molar-refractivity contribution in [3.05, 3.63) is 35.9 Å². The molecule has 11 nitrogen and oxygen atoms in total. The highest BCUT2D eigenvalue weighted by molar-refractivity contribution is 5.89. The first-order valence-corrected chi connectivity index (χ1v) is 10.9. The van der Waals surface area contributed by atoms with E-state index in [4.69, 9.17) is 4.74 Å². The second-order valence-corrected chi connectivity index (χ2v) is 8.01. The van der Waals surface area contributed by atoms with Crippen LogP contribution in [0.2, 0.25) is 0 Å². The number of halogens is 12. The Kier molecular flexibility index (Phi) is 10.7. The highest BCUT2D eigenvalue weighted by atomic mass is 19.4. The van der Waals surface area contributed by atoms with Crippen molar-refractivity contribution in [2.24, 2.45) is 0 Å². The molecule has 1 aliphatic heterocycles. The Morgan fingerprint density at radius 2 is 0.977 bits per heavy atom. The summed E-state index contributed by atoms with van der Waals surface area (Å²) in [6.45, 7) is -2.05. The van der Waals surface area contributed by atoms with Crippen LogP contribution in [0.15, 0.2) is 30.3 Å². The predicted molar refractivity (Wildman–Crippen MR) is 105 cm³/mol. The van der Waals surface area contributed by atoms with E-state index in [1.807, 2.05) is 0 Å². The molecular weight excluding hydrogens is 656 g/mol. The maximum Gasteiger partial charge on any atom is 0.490 e. The number of hydrogen-bond donors (Lipinski definition) is 0. The molecule has 0 aliphatic carbocycles. The highest BCUT2D eigenvalue weighted by Gasteiger charge is 2.60. The molecule has 1 fully saturated rings. The average Bonchev–Trinajstić information content (AvgIpc) is 2.88. The molecule has 246 valence electrons. The number of ether oxygens (including phenoxy) is 6. The van der Waals surface area contributed by atoms with Gasteiger partial charge < -0.3 is 28.4 Å². The first-order valence-electron chi connectivity index (χ1n) is 10.9. The van der Waals surface area contributed by atoms with Crippen LogP contribution in [0.1, 0.15) is 10.4 Å².